The number of hydrogen-bond donors (Lipinski definition) is 1. The predicted molar refractivity (Wildman–Crippen MR) is 156 cm³/mol. The van der Waals surface area contributed by atoms with Gasteiger partial charge < -0.3 is 33.7 Å². The van der Waals surface area contributed by atoms with E-state index in [1.165, 1.54) is 18.1 Å². The van der Waals surface area contributed by atoms with Crippen LogP contribution in [0.2, 0.25) is 0 Å². The first-order valence-electron chi connectivity index (χ1n) is 14.3. The average Bonchev–Trinajstić information content (AvgIpc) is 3.36. The predicted octanol–water partition coefficient (Wildman–Crippen LogP) is 5.03. The maximum absolute atomic E-state index is 14.0. The van der Waals surface area contributed by atoms with E-state index >= 15 is 0 Å². The van der Waals surface area contributed by atoms with Crippen molar-refractivity contribution in [3.8, 4) is 11.5 Å². The van der Waals surface area contributed by atoms with Crippen molar-refractivity contribution in [1.29, 1.82) is 0 Å². The Bertz CT molecular complexity index is 1420. The number of anilines is 1. The molecule has 2 aromatic carbocycles. The normalized spacial score (nSPS) is 21.3. The molecule has 3 atom stereocenters. The molecule has 11 nitrogen and oxygen atoms in total. The molecule has 3 aliphatic rings. The van der Waals surface area contributed by atoms with E-state index in [-0.39, 0.29) is 42.5 Å². The van der Waals surface area contributed by atoms with E-state index < -0.39 is 30.6 Å². The van der Waals surface area contributed by atoms with Crippen LogP contribution in [-0.2, 0) is 32.0 Å². The van der Waals surface area contributed by atoms with Crippen LogP contribution in [0.1, 0.15) is 54.1 Å². The smallest absolute Gasteiger partial charge is 0.416 e. The zero-order chi connectivity index (χ0) is 30.5. The summed E-state index contributed by atoms with van der Waals surface area (Å²) in [5.74, 6) is -0.680. The number of fused-ring (bicyclic) bond motifs is 2. The lowest BCUT2D eigenvalue weighted by Crippen LogP contribution is -2.53. The van der Waals surface area contributed by atoms with Gasteiger partial charge in [0.15, 0.2) is 24.0 Å². The molecule has 0 aliphatic carbocycles. The quantitative estimate of drug-likeness (QED) is 0.378. The number of nitrogens with zero attached hydrogens (tertiary/aromatic N) is 2. The monoisotopic (exact) mass is 592 g/mol. The van der Waals surface area contributed by atoms with Gasteiger partial charge in [-0.25, -0.2) is 9.69 Å². The van der Waals surface area contributed by atoms with Gasteiger partial charge in [0.05, 0.1) is 30.8 Å². The number of aliphatic carboxylic acids is 1. The number of carbonyl (C=O) groups excluding carboxylic acids is 2. The lowest BCUT2D eigenvalue weighted by molar-refractivity contribution is -0.195. The zero-order valence-corrected chi connectivity index (χ0v) is 24.3. The van der Waals surface area contributed by atoms with Gasteiger partial charge in [0.2, 0.25) is 0 Å². The molecule has 3 heterocycles. The van der Waals surface area contributed by atoms with E-state index in [2.05, 4.69) is 6.58 Å². The van der Waals surface area contributed by atoms with Crippen LogP contribution in [0, 0.1) is 0 Å². The fourth-order valence-electron chi connectivity index (χ4n) is 5.59. The van der Waals surface area contributed by atoms with Crippen LogP contribution in [-0.4, -0.2) is 66.9 Å². The minimum absolute atomic E-state index is 0.0386. The second-order valence-electron chi connectivity index (χ2n) is 10.7. The van der Waals surface area contributed by atoms with Gasteiger partial charge in [0, 0.05) is 18.9 Å². The second-order valence-corrected chi connectivity index (χ2v) is 10.7. The number of benzene rings is 2. The number of carboxylic acids is 1. The molecule has 1 N–H and O–H groups in total. The SMILES string of the molecule is C=CCOC(=O)N1c2cc(OCc3cccc(CC(=O)O)c3)c(OC)cc2C(=O)N2C=C(C)C[C@H]2C1OC1CCCCO1. The molecule has 43 heavy (non-hydrogen) atoms. The standard InChI is InChI=1S/C32H36N2O9/c1-4-11-41-32(38)34-24-17-27(42-19-22-9-7-8-21(14-22)15-28(35)36)26(39-3)16-23(24)30(37)33-18-20(2)13-25(33)31(34)43-29-10-5-6-12-40-29/h4,7-9,14,16-18,25,29,31H,1,5-6,10-13,15,19H2,2-3H3,(H,35,36)/t25-,29?,31?/m0/s1. The number of rotatable bonds is 10. The van der Waals surface area contributed by atoms with E-state index in [1.807, 2.05) is 13.0 Å². The molecule has 11 heteroatoms. The van der Waals surface area contributed by atoms with Crippen molar-refractivity contribution in [2.24, 2.45) is 0 Å². The van der Waals surface area contributed by atoms with Gasteiger partial charge >= 0.3 is 12.1 Å². The average molecular weight is 593 g/mol. The van der Waals surface area contributed by atoms with Crippen LogP contribution in [0.4, 0.5) is 10.5 Å². The minimum atomic E-state index is -0.931. The van der Waals surface area contributed by atoms with Crippen molar-refractivity contribution in [2.45, 2.75) is 64.2 Å². The molecule has 0 saturated carbocycles. The van der Waals surface area contributed by atoms with E-state index in [1.54, 1.807) is 41.4 Å². The Balaban J connectivity index is 1.56. The summed E-state index contributed by atoms with van der Waals surface area (Å²) < 4.78 is 29.7. The van der Waals surface area contributed by atoms with Crippen molar-refractivity contribution in [3.05, 3.63) is 77.5 Å². The van der Waals surface area contributed by atoms with Crippen LogP contribution in [0.3, 0.4) is 0 Å². The first-order valence-corrected chi connectivity index (χ1v) is 14.3. The van der Waals surface area contributed by atoms with Gasteiger partial charge in [0.25, 0.3) is 5.91 Å². The van der Waals surface area contributed by atoms with Crippen LogP contribution in [0.25, 0.3) is 0 Å². The molecule has 2 unspecified atom stereocenters. The first-order chi connectivity index (χ1) is 20.8. The molecular weight excluding hydrogens is 556 g/mol. The van der Waals surface area contributed by atoms with Crippen molar-refractivity contribution in [2.75, 3.05) is 25.2 Å². The Morgan fingerprint density at radius 1 is 1.16 bits per heavy atom. The summed E-state index contributed by atoms with van der Waals surface area (Å²) in [5.41, 5.74) is 2.81. The summed E-state index contributed by atoms with van der Waals surface area (Å²) in [6.45, 7) is 6.18. The molecule has 2 aromatic rings. The summed E-state index contributed by atoms with van der Waals surface area (Å²) in [4.78, 5) is 41.9. The van der Waals surface area contributed by atoms with Gasteiger partial charge in [0.1, 0.15) is 13.2 Å². The topological polar surface area (TPSA) is 124 Å². The van der Waals surface area contributed by atoms with Crippen molar-refractivity contribution >= 4 is 23.7 Å². The Morgan fingerprint density at radius 2 is 1.98 bits per heavy atom. The van der Waals surface area contributed by atoms with E-state index in [9.17, 15) is 14.4 Å². The number of carboxylic acid groups (broad SMARTS) is 1. The van der Waals surface area contributed by atoms with Crippen LogP contribution in [0.5, 0.6) is 11.5 Å². The largest absolute Gasteiger partial charge is 0.493 e. The first kappa shape index (κ1) is 30.1. The maximum Gasteiger partial charge on any atom is 0.416 e. The van der Waals surface area contributed by atoms with Crippen LogP contribution in [0.15, 0.2) is 60.8 Å². The third-order valence-electron chi connectivity index (χ3n) is 7.53. The van der Waals surface area contributed by atoms with E-state index in [0.29, 0.717) is 30.8 Å². The van der Waals surface area contributed by atoms with Gasteiger partial charge in [-0.05, 0) is 49.8 Å². The van der Waals surface area contributed by atoms with Crippen LogP contribution < -0.4 is 14.4 Å². The fraction of sp³-hybridized carbons (Fsp3) is 0.406. The third-order valence-corrected chi connectivity index (χ3v) is 7.53. The summed E-state index contributed by atoms with van der Waals surface area (Å²) in [6.07, 6.45) is 3.95. The van der Waals surface area contributed by atoms with Crippen molar-refractivity contribution in [1.82, 2.24) is 4.90 Å². The van der Waals surface area contributed by atoms with Gasteiger partial charge in [-0.15, -0.1) is 0 Å². The Hall–Kier alpha value is -4.35. The maximum atomic E-state index is 14.0. The summed E-state index contributed by atoms with van der Waals surface area (Å²) in [6, 6.07) is 9.69. The van der Waals surface area contributed by atoms with Crippen molar-refractivity contribution < 1.29 is 43.2 Å². The second kappa shape index (κ2) is 13.3. The molecule has 0 aromatic heterocycles. The Labute approximate surface area is 250 Å². The Morgan fingerprint density at radius 3 is 2.70 bits per heavy atom. The molecule has 3 aliphatic heterocycles. The van der Waals surface area contributed by atoms with E-state index in [0.717, 1.165) is 24.0 Å². The van der Waals surface area contributed by atoms with Gasteiger partial charge in [-0.1, -0.05) is 42.5 Å². The van der Waals surface area contributed by atoms with Crippen LogP contribution >= 0.6 is 0 Å². The molecule has 0 spiro atoms. The molecule has 0 bridgehead atoms. The molecular formula is C32H36N2O9. The lowest BCUT2D eigenvalue weighted by Gasteiger charge is -2.38. The van der Waals surface area contributed by atoms with Crippen molar-refractivity contribution in [3.63, 3.8) is 0 Å². The fourth-order valence-corrected chi connectivity index (χ4v) is 5.59. The number of carbonyl (C=O) groups is 3. The highest BCUT2D eigenvalue weighted by Gasteiger charge is 2.47. The molecule has 2 amide bonds. The molecule has 1 saturated heterocycles. The highest BCUT2D eigenvalue weighted by molar-refractivity contribution is 6.06. The number of methoxy groups -OCH3 is 1. The highest BCUT2D eigenvalue weighted by atomic mass is 16.7. The number of hydrogen-bond acceptors (Lipinski definition) is 8. The number of amides is 2. The summed E-state index contributed by atoms with van der Waals surface area (Å²) in [7, 11) is 1.47. The summed E-state index contributed by atoms with van der Waals surface area (Å²) in [5, 5.41) is 9.17. The Kier molecular flexibility index (Phi) is 9.32. The molecule has 1 fully saturated rings. The zero-order valence-electron chi connectivity index (χ0n) is 24.3. The summed E-state index contributed by atoms with van der Waals surface area (Å²) >= 11 is 0. The molecule has 228 valence electrons. The lowest BCUT2D eigenvalue weighted by atomic mass is 10.1. The molecule has 5 rings (SSSR count). The van der Waals surface area contributed by atoms with Gasteiger partial charge in [-0.3, -0.25) is 9.59 Å². The minimum Gasteiger partial charge on any atom is -0.493 e. The number of ether oxygens (including phenoxy) is 5. The third kappa shape index (κ3) is 6.68. The highest BCUT2D eigenvalue weighted by Crippen LogP contribution is 2.43. The molecule has 0 radical (unpaired) electrons. The van der Waals surface area contributed by atoms with Gasteiger partial charge in [-0.2, -0.15) is 0 Å². The van der Waals surface area contributed by atoms with E-state index in [4.69, 9.17) is 28.8 Å².